The zero-order valence-corrected chi connectivity index (χ0v) is 13.1. The number of nitrogens with one attached hydrogen (secondary N) is 1. The van der Waals surface area contributed by atoms with Gasteiger partial charge in [0, 0.05) is 22.7 Å². The molecule has 1 N–H and O–H groups in total. The van der Waals surface area contributed by atoms with Gasteiger partial charge in [-0.2, -0.15) is 0 Å². The van der Waals surface area contributed by atoms with Crippen LogP contribution in [0.15, 0.2) is 42.6 Å². The Hall–Kier alpha value is -2.05. The van der Waals surface area contributed by atoms with Crippen LogP contribution in [0.1, 0.15) is 4.88 Å². The Labute approximate surface area is 136 Å². The van der Waals surface area contributed by atoms with Gasteiger partial charge >= 0.3 is 0 Å². The Morgan fingerprint density at radius 1 is 1.14 bits per heavy atom. The fraction of sp³-hybridized carbons (Fsp3) is 0.0667. The van der Waals surface area contributed by atoms with Crippen molar-refractivity contribution in [3.63, 3.8) is 0 Å². The maximum atomic E-state index is 13.8. The number of aromatic nitrogens is 2. The largest absolute Gasteiger partial charge is 0.316 e. The maximum absolute atomic E-state index is 13.8. The van der Waals surface area contributed by atoms with E-state index < -0.39 is 11.6 Å². The zero-order valence-electron chi connectivity index (χ0n) is 11.5. The highest BCUT2D eigenvalue weighted by Crippen LogP contribution is 2.33. The van der Waals surface area contributed by atoms with Crippen LogP contribution in [0.4, 0.5) is 19.7 Å². The second-order valence-corrected chi connectivity index (χ2v) is 5.59. The van der Waals surface area contributed by atoms with E-state index in [0.29, 0.717) is 22.2 Å². The molecule has 3 nitrogen and oxygen atoms in total. The normalized spacial score (nSPS) is 10.1. The average Bonchev–Trinajstić information content (AvgIpc) is 2.80. The minimum atomic E-state index is -0.618. The van der Waals surface area contributed by atoms with Crippen molar-refractivity contribution in [3.05, 3.63) is 59.1 Å². The third kappa shape index (κ3) is 3.40. The lowest BCUT2D eigenvalue weighted by Crippen LogP contribution is -1.92. The van der Waals surface area contributed by atoms with E-state index >= 15 is 0 Å². The van der Waals surface area contributed by atoms with Gasteiger partial charge in [0.25, 0.3) is 0 Å². The van der Waals surface area contributed by atoms with Crippen LogP contribution in [0, 0.1) is 18.6 Å². The lowest BCUT2D eigenvalue weighted by Gasteiger charge is -2.01. The number of anilines is 2. The van der Waals surface area contributed by atoms with E-state index in [0.717, 1.165) is 10.9 Å². The number of hydrogen-bond acceptors (Lipinski definition) is 4. The third-order valence-corrected chi connectivity index (χ3v) is 3.77. The van der Waals surface area contributed by atoms with Crippen molar-refractivity contribution in [2.75, 3.05) is 5.32 Å². The van der Waals surface area contributed by atoms with Crippen LogP contribution in [0.3, 0.4) is 0 Å². The van der Waals surface area contributed by atoms with Crippen LogP contribution < -0.4 is 5.32 Å². The van der Waals surface area contributed by atoms with Crippen LogP contribution in [0.5, 0.6) is 0 Å². The van der Waals surface area contributed by atoms with Gasteiger partial charge in [-0.15, -0.1) is 23.7 Å². The molecule has 3 rings (SSSR count). The quantitative estimate of drug-likeness (QED) is 0.733. The molecule has 22 heavy (non-hydrogen) atoms. The average molecular weight is 340 g/mol. The standard InChI is InChI=1S/C15H11F2N3S.ClH/c1-9-14(11-6-5-10(16)8-12(11)17)20-15(21-9)19-13-4-2-3-7-18-13;/h2-8H,1H3,(H,18,19,20);1H. The summed E-state index contributed by atoms with van der Waals surface area (Å²) in [6.07, 6.45) is 1.67. The van der Waals surface area contributed by atoms with Gasteiger partial charge in [0.05, 0.1) is 5.69 Å². The van der Waals surface area contributed by atoms with Crippen LogP contribution in [-0.4, -0.2) is 9.97 Å². The fourth-order valence-electron chi connectivity index (χ4n) is 1.93. The smallest absolute Gasteiger partial charge is 0.189 e. The predicted octanol–water partition coefficient (Wildman–Crippen LogP) is 4.96. The Kier molecular flexibility index (Phi) is 5.05. The van der Waals surface area contributed by atoms with Gasteiger partial charge in [-0.25, -0.2) is 18.7 Å². The van der Waals surface area contributed by atoms with Crippen molar-refractivity contribution in [1.82, 2.24) is 9.97 Å². The molecule has 114 valence electrons. The van der Waals surface area contributed by atoms with E-state index in [9.17, 15) is 8.78 Å². The number of thiazole rings is 1. The number of rotatable bonds is 3. The Morgan fingerprint density at radius 3 is 2.64 bits per heavy atom. The number of halogens is 3. The summed E-state index contributed by atoms with van der Waals surface area (Å²) < 4.78 is 26.8. The predicted molar refractivity (Wildman–Crippen MR) is 87.0 cm³/mol. The summed E-state index contributed by atoms with van der Waals surface area (Å²) in [5, 5.41) is 3.68. The molecule has 0 aliphatic rings. The summed E-state index contributed by atoms with van der Waals surface area (Å²) >= 11 is 1.39. The molecule has 0 unspecified atom stereocenters. The summed E-state index contributed by atoms with van der Waals surface area (Å²) in [7, 11) is 0. The highest BCUT2D eigenvalue weighted by molar-refractivity contribution is 7.16. The number of benzene rings is 1. The summed E-state index contributed by atoms with van der Waals surface area (Å²) in [6.45, 7) is 1.85. The van der Waals surface area contributed by atoms with E-state index in [2.05, 4.69) is 15.3 Å². The summed E-state index contributed by atoms with van der Waals surface area (Å²) in [4.78, 5) is 9.36. The van der Waals surface area contributed by atoms with E-state index in [4.69, 9.17) is 0 Å². The molecular weight excluding hydrogens is 328 g/mol. The molecule has 1 aromatic carbocycles. The minimum Gasteiger partial charge on any atom is -0.316 e. The summed E-state index contributed by atoms with van der Waals surface area (Å²) in [6, 6.07) is 8.98. The van der Waals surface area contributed by atoms with Gasteiger partial charge in [-0.3, -0.25) is 0 Å². The molecule has 0 aliphatic heterocycles. The minimum absolute atomic E-state index is 0. The highest BCUT2D eigenvalue weighted by atomic mass is 35.5. The first-order valence-corrected chi connectivity index (χ1v) is 7.06. The monoisotopic (exact) mass is 339 g/mol. The van der Waals surface area contributed by atoms with E-state index in [1.807, 2.05) is 25.1 Å². The molecule has 7 heteroatoms. The fourth-order valence-corrected chi connectivity index (χ4v) is 2.76. The molecule has 0 saturated heterocycles. The number of aryl methyl sites for hydroxylation is 1. The van der Waals surface area contributed by atoms with Crippen molar-refractivity contribution in [2.24, 2.45) is 0 Å². The van der Waals surface area contributed by atoms with Crippen molar-refractivity contribution in [3.8, 4) is 11.3 Å². The third-order valence-electron chi connectivity index (χ3n) is 2.88. The van der Waals surface area contributed by atoms with Gasteiger partial charge in [-0.1, -0.05) is 6.07 Å². The van der Waals surface area contributed by atoms with Gasteiger partial charge in [0.15, 0.2) is 5.13 Å². The second-order valence-electron chi connectivity index (χ2n) is 4.39. The van der Waals surface area contributed by atoms with E-state index in [1.54, 1.807) is 6.20 Å². The molecule has 0 atom stereocenters. The van der Waals surface area contributed by atoms with Gasteiger partial charge in [0.2, 0.25) is 0 Å². The number of pyridine rings is 1. The molecular formula is C15H12ClF2N3S. The first-order chi connectivity index (χ1) is 10.1. The zero-order chi connectivity index (χ0) is 14.8. The lowest BCUT2D eigenvalue weighted by atomic mass is 10.1. The highest BCUT2D eigenvalue weighted by Gasteiger charge is 2.14. The number of hydrogen-bond donors (Lipinski definition) is 1. The summed E-state index contributed by atoms with van der Waals surface area (Å²) in [5.74, 6) is -0.555. The van der Waals surface area contributed by atoms with E-state index in [1.165, 1.54) is 23.5 Å². The van der Waals surface area contributed by atoms with Crippen LogP contribution in [0.2, 0.25) is 0 Å². The summed E-state index contributed by atoms with van der Waals surface area (Å²) in [5.41, 5.74) is 0.801. The van der Waals surface area contributed by atoms with Gasteiger partial charge < -0.3 is 5.32 Å². The molecule has 2 heterocycles. The number of nitrogens with zero attached hydrogens (tertiary/aromatic N) is 2. The Bertz CT molecular complexity index is 778. The van der Waals surface area contributed by atoms with Crippen molar-refractivity contribution >= 4 is 34.7 Å². The van der Waals surface area contributed by atoms with Crippen LogP contribution in [-0.2, 0) is 0 Å². The molecule has 0 amide bonds. The van der Waals surface area contributed by atoms with Crippen molar-refractivity contribution in [1.29, 1.82) is 0 Å². The van der Waals surface area contributed by atoms with Crippen LogP contribution in [0.25, 0.3) is 11.3 Å². The van der Waals surface area contributed by atoms with Crippen molar-refractivity contribution in [2.45, 2.75) is 6.92 Å². The molecule has 0 fully saturated rings. The molecule has 0 aliphatic carbocycles. The molecule has 2 aromatic heterocycles. The molecule has 0 bridgehead atoms. The maximum Gasteiger partial charge on any atom is 0.189 e. The molecule has 0 spiro atoms. The van der Waals surface area contributed by atoms with Gasteiger partial charge in [0.1, 0.15) is 17.5 Å². The Balaban J connectivity index is 0.00000176. The van der Waals surface area contributed by atoms with Crippen LogP contribution >= 0.6 is 23.7 Å². The van der Waals surface area contributed by atoms with Crippen molar-refractivity contribution < 1.29 is 8.78 Å². The lowest BCUT2D eigenvalue weighted by molar-refractivity contribution is 0.585. The molecule has 3 aromatic rings. The first kappa shape index (κ1) is 16.3. The van der Waals surface area contributed by atoms with Gasteiger partial charge in [-0.05, 0) is 31.2 Å². The first-order valence-electron chi connectivity index (χ1n) is 6.24. The second kappa shape index (κ2) is 6.81. The topological polar surface area (TPSA) is 37.8 Å². The Morgan fingerprint density at radius 2 is 1.95 bits per heavy atom. The van der Waals surface area contributed by atoms with E-state index in [-0.39, 0.29) is 12.4 Å². The molecule has 0 radical (unpaired) electrons. The molecule has 0 saturated carbocycles. The SMILES string of the molecule is Cc1sc(Nc2ccccn2)nc1-c1ccc(F)cc1F.Cl.